The smallest absolute Gasteiger partial charge is 0.161 e. The summed E-state index contributed by atoms with van der Waals surface area (Å²) in [6.07, 6.45) is 21.5. The van der Waals surface area contributed by atoms with Crippen molar-refractivity contribution >= 4 is 28.3 Å². The Morgan fingerprint density at radius 1 is 0.984 bits per heavy atom. The Balaban J connectivity index is 1.08. The number of carbonyl (C=O) groups is 1. The molecule has 0 radical (unpaired) electrons. The molecule has 6 bridgehead atoms. The van der Waals surface area contributed by atoms with Crippen LogP contribution in [0.2, 0.25) is 0 Å². The van der Waals surface area contributed by atoms with E-state index in [0.29, 0.717) is 43.9 Å². The molecule has 8 nitrogen and oxygen atoms in total. The number of methoxy groups -OCH3 is 1. The maximum Gasteiger partial charge on any atom is 0.161 e. The van der Waals surface area contributed by atoms with Crippen LogP contribution < -0.4 is 14.8 Å². The zero-order chi connectivity index (χ0) is 43.2. The Labute approximate surface area is 366 Å². The maximum absolute atomic E-state index is 13.9. The lowest BCUT2D eigenvalue weighted by Gasteiger charge is -2.30. The van der Waals surface area contributed by atoms with Gasteiger partial charge in [-0.15, -0.1) is 0 Å². The zero-order valence-corrected chi connectivity index (χ0v) is 36.4. The number of fused-ring (bicyclic) bond motifs is 8. The number of allylic oxidation sites excluding steroid dienone is 4. The van der Waals surface area contributed by atoms with Crippen LogP contribution in [0.1, 0.15) is 117 Å². The summed E-state index contributed by atoms with van der Waals surface area (Å²) in [4.78, 5) is 13.9. The number of phenolic OH excluding ortho intramolecular Hbond substituents is 1. The Morgan fingerprint density at radius 3 is 2.66 bits per heavy atom. The van der Waals surface area contributed by atoms with E-state index < -0.39 is 17.6 Å². The van der Waals surface area contributed by atoms with Crippen molar-refractivity contribution in [2.24, 2.45) is 11.8 Å². The Morgan fingerprint density at radius 2 is 1.84 bits per heavy atom. The molecule has 3 aliphatic carbocycles. The van der Waals surface area contributed by atoms with Crippen LogP contribution in [-0.2, 0) is 34.4 Å². The fourth-order valence-electron chi connectivity index (χ4n) is 10.2. The first-order valence-electron chi connectivity index (χ1n) is 22.7. The molecule has 9 rings (SSSR count). The molecule has 5 aliphatic rings. The number of aliphatic hydroxyl groups excluding tert-OH is 2. The molecule has 1 spiro atoms. The average molecular weight is 836 g/mol. The second-order valence-corrected chi connectivity index (χ2v) is 18.0. The molecule has 4 aromatic rings. The summed E-state index contributed by atoms with van der Waals surface area (Å²) in [5.41, 5.74) is 6.71. The minimum atomic E-state index is -0.618. The normalized spacial score (nSPS) is 22.2. The molecule has 4 aromatic carbocycles. The van der Waals surface area contributed by atoms with Gasteiger partial charge in [0.2, 0.25) is 0 Å². The molecule has 1 saturated carbocycles. The van der Waals surface area contributed by atoms with Crippen molar-refractivity contribution < 1.29 is 34.3 Å². The summed E-state index contributed by atoms with van der Waals surface area (Å²) in [6.45, 7) is 4.78. The number of unbranched alkanes of at least 4 members (excludes halogenated alkanes) is 1. The molecule has 0 saturated heterocycles. The van der Waals surface area contributed by atoms with E-state index in [1.54, 1.807) is 20.1 Å². The molecule has 324 valence electrons. The van der Waals surface area contributed by atoms with Gasteiger partial charge in [0.25, 0.3) is 0 Å². The predicted octanol–water partition coefficient (Wildman–Crippen LogP) is 11.2. The number of anilines is 1. The number of hydrogen-bond acceptors (Lipinski definition) is 8. The summed E-state index contributed by atoms with van der Waals surface area (Å²) in [7, 11) is 1.64. The molecule has 8 heteroatoms. The van der Waals surface area contributed by atoms with E-state index in [1.165, 1.54) is 5.56 Å². The van der Waals surface area contributed by atoms with Crippen LogP contribution in [0.5, 0.6) is 17.2 Å². The van der Waals surface area contributed by atoms with E-state index in [4.69, 9.17) is 14.2 Å². The molecular formula is C54H61NO7. The van der Waals surface area contributed by atoms with Crippen molar-refractivity contribution in [3.63, 3.8) is 0 Å². The van der Waals surface area contributed by atoms with E-state index in [9.17, 15) is 20.1 Å². The van der Waals surface area contributed by atoms with E-state index >= 15 is 0 Å². The maximum atomic E-state index is 13.9. The van der Waals surface area contributed by atoms with Crippen LogP contribution in [0.15, 0.2) is 90.7 Å². The third-order valence-corrected chi connectivity index (χ3v) is 13.5. The molecule has 0 aromatic heterocycles. The predicted molar refractivity (Wildman–Crippen MR) is 247 cm³/mol. The summed E-state index contributed by atoms with van der Waals surface area (Å²) in [5.74, 6) is 5.68. The highest BCUT2D eigenvalue weighted by Crippen LogP contribution is 2.51. The number of carbonyl (C=O) groups excluding carboxylic acids is 1. The first-order valence-corrected chi connectivity index (χ1v) is 22.7. The highest BCUT2D eigenvalue weighted by atomic mass is 16.5. The Kier molecular flexibility index (Phi) is 13.3. The van der Waals surface area contributed by atoms with Gasteiger partial charge < -0.3 is 34.8 Å². The van der Waals surface area contributed by atoms with Gasteiger partial charge in [0.1, 0.15) is 36.1 Å². The quantitative estimate of drug-likeness (QED) is 0.0872. The number of rotatable bonds is 11. The summed E-state index contributed by atoms with van der Waals surface area (Å²) in [5, 5.41) is 37.8. The Bertz CT molecular complexity index is 2430. The Hall–Kier alpha value is -5.65. The van der Waals surface area contributed by atoms with Crippen molar-refractivity contribution in [3.8, 4) is 29.3 Å². The molecule has 4 N–H and O–H groups in total. The van der Waals surface area contributed by atoms with Gasteiger partial charge in [-0.2, -0.15) is 0 Å². The number of Topliss-reactive ketones (excluding diaryl/α,β-unsaturated/α-hetero) is 1. The number of aliphatic hydroxyl groups is 2. The first-order chi connectivity index (χ1) is 30.1. The third-order valence-electron chi connectivity index (χ3n) is 13.5. The van der Waals surface area contributed by atoms with Crippen LogP contribution in [0.25, 0.3) is 16.8 Å². The number of aryl methyl sites for hydroxylation is 2. The van der Waals surface area contributed by atoms with E-state index in [-0.39, 0.29) is 41.5 Å². The molecule has 62 heavy (non-hydrogen) atoms. The number of aromatic hydroxyl groups is 1. The number of phenols is 1. The van der Waals surface area contributed by atoms with Crippen LogP contribution in [0.4, 0.5) is 5.69 Å². The standard InChI is InChI=1S/C54H61NO7/c1-35-13-20-46-40-17-21-47-52(46)48(35)32-49(59)53(47)54(23-6-7-24-54)25-26-61-45(31-44(58)18-14-38-15-22-50(60-3)51(28-38)62-34-40)30-41-29-43(57)19-16-39(41)11-5-4-9-37-10-8-12-42(27-37)55-33-36(2)56/h8,10,12-13,15-17,19-22,27-29,32,35-36,39,41,45,55-57,59H,4-7,9,11,14,18,23-24,30-31,33-34H2,1-3H3/t35-,36-,39-,41-,45-/m0/s1. The van der Waals surface area contributed by atoms with Crippen LogP contribution >= 0.6 is 0 Å². The van der Waals surface area contributed by atoms with Gasteiger partial charge in [0, 0.05) is 36.6 Å². The summed E-state index contributed by atoms with van der Waals surface area (Å²) >= 11 is 0. The number of ketones is 1. The second kappa shape index (κ2) is 19.2. The van der Waals surface area contributed by atoms with Crippen molar-refractivity contribution in [2.45, 2.75) is 121 Å². The SMILES string of the molecule is COc1ccc2cc1OCc1ccc3c(c(O)cc4c3c1C=C[C@@H]4C)C1(C#CO[C@@H](C[C@@H]3C=C(O)C=C[C@@H]3CCCCc3cccc(NC[C@H](C)O)c3)CC(=O)CC2)CCCC1. The summed E-state index contributed by atoms with van der Waals surface area (Å²) in [6, 6.07) is 20.5. The number of hydrogen-bond donors (Lipinski definition) is 4. The van der Waals surface area contributed by atoms with Gasteiger partial charge in [-0.1, -0.05) is 74.7 Å². The van der Waals surface area contributed by atoms with Gasteiger partial charge in [-0.25, -0.2) is 0 Å². The van der Waals surface area contributed by atoms with Gasteiger partial charge in [0.15, 0.2) is 11.5 Å². The van der Waals surface area contributed by atoms with Crippen molar-refractivity contribution in [3.05, 3.63) is 124 Å². The molecule has 5 atom stereocenters. The van der Waals surface area contributed by atoms with Crippen molar-refractivity contribution in [2.75, 3.05) is 19.0 Å². The van der Waals surface area contributed by atoms with Crippen LogP contribution in [-0.4, -0.2) is 47.0 Å². The molecule has 1 fully saturated rings. The minimum Gasteiger partial charge on any atom is -0.508 e. The first kappa shape index (κ1) is 43.0. The number of ether oxygens (including phenoxy) is 3. The van der Waals surface area contributed by atoms with Crippen LogP contribution in [0.3, 0.4) is 0 Å². The topological polar surface area (TPSA) is 117 Å². The largest absolute Gasteiger partial charge is 0.508 e. The highest BCUT2D eigenvalue weighted by Gasteiger charge is 2.39. The van der Waals surface area contributed by atoms with E-state index in [2.05, 4.69) is 72.8 Å². The monoisotopic (exact) mass is 835 g/mol. The third kappa shape index (κ3) is 9.69. The number of nitrogens with one attached hydrogen (secondary N) is 1. The minimum absolute atomic E-state index is 0.0373. The second-order valence-electron chi connectivity index (χ2n) is 18.0. The number of benzene rings is 4. The lowest BCUT2D eigenvalue weighted by Crippen LogP contribution is -2.25. The van der Waals surface area contributed by atoms with Gasteiger partial charge in [-0.3, -0.25) is 4.79 Å². The van der Waals surface area contributed by atoms with Crippen molar-refractivity contribution in [1.82, 2.24) is 0 Å². The lowest BCUT2D eigenvalue weighted by atomic mass is 9.73. The average Bonchev–Trinajstić information content (AvgIpc) is 3.74. The van der Waals surface area contributed by atoms with Gasteiger partial charge in [-0.05, 0) is 151 Å². The molecule has 2 aliphatic heterocycles. The fourth-order valence-corrected chi connectivity index (χ4v) is 10.2. The lowest BCUT2D eigenvalue weighted by molar-refractivity contribution is -0.121. The van der Waals surface area contributed by atoms with Gasteiger partial charge in [0.05, 0.1) is 18.6 Å². The molecule has 0 amide bonds. The fraction of sp³-hybridized carbons (Fsp3) is 0.426. The van der Waals surface area contributed by atoms with Crippen molar-refractivity contribution in [1.29, 1.82) is 0 Å². The van der Waals surface area contributed by atoms with Gasteiger partial charge >= 0.3 is 0 Å². The summed E-state index contributed by atoms with van der Waals surface area (Å²) < 4.78 is 18.8. The highest BCUT2D eigenvalue weighted by molar-refractivity contribution is 6.01. The molecule has 0 unspecified atom stereocenters. The van der Waals surface area contributed by atoms with Crippen LogP contribution in [0, 0.1) is 23.9 Å². The molecule has 2 heterocycles. The van der Waals surface area contributed by atoms with E-state index in [1.807, 2.05) is 36.4 Å². The van der Waals surface area contributed by atoms with E-state index in [0.717, 1.165) is 95.6 Å². The molecular weight excluding hydrogens is 775 g/mol. The zero-order valence-electron chi connectivity index (χ0n) is 36.4.